The molecular weight excluding hydrogens is 390 g/mol. The first-order valence-electron chi connectivity index (χ1n) is 9.12. The molecule has 0 aliphatic heterocycles. The first-order chi connectivity index (χ1) is 13.8. The molecule has 0 aliphatic carbocycles. The van der Waals surface area contributed by atoms with Crippen LogP contribution >= 0.6 is 0 Å². The maximum atomic E-state index is 12.8. The van der Waals surface area contributed by atoms with E-state index in [2.05, 4.69) is 15.6 Å². The zero-order chi connectivity index (χ0) is 21.0. The fourth-order valence-corrected chi connectivity index (χ4v) is 3.49. The summed E-state index contributed by atoms with van der Waals surface area (Å²) in [5, 5.41) is 16.3. The van der Waals surface area contributed by atoms with Gasteiger partial charge in [0.2, 0.25) is 15.9 Å². The summed E-state index contributed by atoms with van der Waals surface area (Å²) in [7, 11) is -3.76. The first-order valence-corrected chi connectivity index (χ1v) is 10.7. The van der Waals surface area contributed by atoms with Gasteiger partial charge in [-0.1, -0.05) is 61.5 Å². The van der Waals surface area contributed by atoms with Crippen molar-refractivity contribution in [2.75, 3.05) is 0 Å². The van der Waals surface area contributed by atoms with E-state index in [1.165, 1.54) is 16.8 Å². The summed E-state index contributed by atoms with van der Waals surface area (Å²) in [6, 6.07) is 15.2. The van der Waals surface area contributed by atoms with Crippen molar-refractivity contribution in [3.05, 3.63) is 66.4 Å². The highest BCUT2D eigenvalue weighted by Crippen LogP contribution is 2.22. The number of nitrogens with zero attached hydrogens (tertiary/aromatic N) is 3. The lowest BCUT2D eigenvalue weighted by Gasteiger charge is -2.20. The van der Waals surface area contributed by atoms with Crippen LogP contribution in [0.4, 0.5) is 0 Å². The number of nitrogens with one attached hydrogen (secondary N) is 1. The predicted octanol–water partition coefficient (Wildman–Crippen LogP) is 2.11. The first kappa shape index (κ1) is 20.7. The number of carbonyl (C=O) groups is 1. The number of sulfonamides is 1. The van der Waals surface area contributed by atoms with E-state index < -0.39 is 16.1 Å². The number of aromatic nitrogens is 3. The molecule has 1 heterocycles. The van der Waals surface area contributed by atoms with Gasteiger partial charge in [0.1, 0.15) is 11.7 Å². The number of rotatable bonds is 7. The Morgan fingerprint density at radius 2 is 1.76 bits per heavy atom. The van der Waals surface area contributed by atoms with E-state index in [1.807, 2.05) is 44.2 Å². The van der Waals surface area contributed by atoms with Crippen molar-refractivity contribution < 1.29 is 13.2 Å². The maximum absolute atomic E-state index is 12.8. The highest BCUT2D eigenvalue weighted by atomic mass is 32.2. The second-order valence-corrected chi connectivity index (χ2v) is 8.61. The lowest BCUT2D eigenvalue weighted by Crippen LogP contribution is -2.35. The van der Waals surface area contributed by atoms with Crippen molar-refractivity contribution in [1.29, 1.82) is 0 Å². The highest BCUT2D eigenvalue weighted by molar-refractivity contribution is 7.89. The Kier molecular flexibility index (Phi) is 6.09. The van der Waals surface area contributed by atoms with Crippen molar-refractivity contribution in [2.24, 2.45) is 11.1 Å². The minimum atomic E-state index is -3.76. The number of amides is 1. The van der Waals surface area contributed by atoms with Gasteiger partial charge in [-0.05, 0) is 23.6 Å². The van der Waals surface area contributed by atoms with Crippen molar-refractivity contribution in [1.82, 2.24) is 20.3 Å². The summed E-state index contributed by atoms with van der Waals surface area (Å²) >= 11 is 0. The average molecular weight is 414 g/mol. The quantitative estimate of drug-likeness (QED) is 0.615. The van der Waals surface area contributed by atoms with Crippen LogP contribution in [0.25, 0.3) is 11.3 Å². The fraction of sp³-hybridized carbons (Fsp3) is 0.250. The van der Waals surface area contributed by atoms with Gasteiger partial charge in [0.15, 0.2) is 0 Å². The largest absolute Gasteiger partial charge is 0.350 e. The van der Waals surface area contributed by atoms with Crippen LogP contribution in [-0.2, 0) is 21.4 Å². The summed E-state index contributed by atoms with van der Waals surface area (Å²) in [5.41, 5.74) is 2.22. The van der Waals surface area contributed by atoms with E-state index in [0.29, 0.717) is 17.8 Å². The average Bonchev–Trinajstić information content (AvgIpc) is 3.16. The molecule has 0 radical (unpaired) electrons. The number of nitrogens with two attached hydrogens (primary N) is 1. The van der Waals surface area contributed by atoms with Crippen molar-refractivity contribution in [2.45, 2.75) is 31.3 Å². The highest BCUT2D eigenvalue weighted by Gasteiger charge is 2.25. The Labute approximate surface area is 169 Å². The van der Waals surface area contributed by atoms with E-state index >= 15 is 0 Å². The molecule has 3 aromatic rings. The van der Waals surface area contributed by atoms with E-state index in [1.54, 1.807) is 18.3 Å². The van der Waals surface area contributed by atoms with Crippen molar-refractivity contribution in [3.63, 3.8) is 0 Å². The molecule has 1 aromatic heterocycles. The van der Waals surface area contributed by atoms with E-state index in [0.717, 1.165) is 5.56 Å². The fourth-order valence-electron chi connectivity index (χ4n) is 2.98. The second kappa shape index (κ2) is 8.54. The number of hydrogen-bond donors (Lipinski definition) is 2. The van der Waals surface area contributed by atoms with Crippen LogP contribution in [-0.4, -0.2) is 29.3 Å². The third kappa shape index (κ3) is 5.07. The molecule has 2 aromatic carbocycles. The summed E-state index contributed by atoms with van der Waals surface area (Å²) < 4.78 is 24.3. The van der Waals surface area contributed by atoms with Crippen LogP contribution in [0.5, 0.6) is 0 Å². The molecule has 1 unspecified atom stereocenters. The van der Waals surface area contributed by atoms with Gasteiger partial charge < -0.3 is 5.32 Å². The van der Waals surface area contributed by atoms with Crippen LogP contribution in [0.2, 0.25) is 0 Å². The Morgan fingerprint density at radius 3 is 2.34 bits per heavy atom. The van der Waals surface area contributed by atoms with Crippen LogP contribution in [0.3, 0.4) is 0 Å². The van der Waals surface area contributed by atoms with Gasteiger partial charge in [0.05, 0.1) is 11.1 Å². The summed E-state index contributed by atoms with van der Waals surface area (Å²) in [6.45, 7) is 4.31. The molecule has 3 rings (SSSR count). The number of hydrogen-bond acceptors (Lipinski definition) is 5. The molecule has 152 valence electrons. The third-order valence-corrected chi connectivity index (χ3v) is 5.41. The van der Waals surface area contributed by atoms with Crippen LogP contribution in [0, 0.1) is 5.92 Å². The molecule has 9 heteroatoms. The maximum Gasteiger partial charge on any atom is 0.245 e. The monoisotopic (exact) mass is 413 g/mol. The van der Waals surface area contributed by atoms with E-state index in [4.69, 9.17) is 5.14 Å². The molecule has 29 heavy (non-hydrogen) atoms. The summed E-state index contributed by atoms with van der Waals surface area (Å²) in [4.78, 5) is 12.8. The SMILES string of the molecule is CC(C)C(C(=O)NCc1ccccc1)n1cc(-c2ccc(S(N)(=O)=O)cc2)nn1. The third-order valence-electron chi connectivity index (χ3n) is 4.48. The minimum Gasteiger partial charge on any atom is -0.350 e. The van der Waals surface area contributed by atoms with Gasteiger partial charge in [0.25, 0.3) is 0 Å². The molecule has 0 bridgehead atoms. The minimum absolute atomic E-state index is 0.00918. The summed E-state index contributed by atoms with van der Waals surface area (Å²) in [6.07, 6.45) is 1.68. The zero-order valence-electron chi connectivity index (χ0n) is 16.2. The van der Waals surface area contributed by atoms with Gasteiger partial charge >= 0.3 is 0 Å². The Morgan fingerprint density at radius 1 is 1.10 bits per heavy atom. The topological polar surface area (TPSA) is 120 Å². The molecular formula is C20H23N5O3S. The van der Waals surface area contributed by atoms with Gasteiger partial charge in [-0.3, -0.25) is 4.79 Å². The van der Waals surface area contributed by atoms with Gasteiger partial charge in [-0.25, -0.2) is 18.2 Å². The van der Waals surface area contributed by atoms with Crippen LogP contribution in [0.15, 0.2) is 65.7 Å². The second-order valence-electron chi connectivity index (χ2n) is 7.05. The number of primary sulfonamides is 1. The molecule has 0 saturated carbocycles. The molecule has 0 fully saturated rings. The molecule has 0 saturated heterocycles. The van der Waals surface area contributed by atoms with E-state index in [9.17, 15) is 13.2 Å². The van der Waals surface area contributed by atoms with Crippen molar-refractivity contribution in [3.8, 4) is 11.3 Å². The molecule has 1 amide bonds. The molecule has 1 atom stereocenters. The molecule has 3 N–H and O–H groups in total. The van der Waals surface area contributed by atoms with Gasteiger partial charge in [0, 0.05) is 12.1 Å². The lowest BCUT2D eigenvalue weighted by atomic mass is 10.0. The summed E-state index contributed by atoms with van der Waals surface area (Å²) in [5.74, 6) is -0.157. The Bertz CT molecular complexity index is 1080. The van der Waals surface area contributed by atoms with Crippen LogP contribution in [0.1, 0.15) is 25.5 Å². The Balaban J connectivity index is 1.77. The van der Waals surface area contributed by atoms with E-state index in [-0.39, 0.29) is 16.7 Å². The van der Waals surface area contributed by atoms with Crippen LogP contribution < -0.4 is 10.5 Å². The zero-order valence-corrected chi connectivity index (χ0v) is 17.0. The van der Waals surface area contributed by atoms with Gasteiger partial charge in [-0.2, -0.15) is 0 Å². The number of carbonyl (C=O) groups excluding carboxylic acids is 1. The predicted molar refractivity (Wildman–Crippen MR) is 109 cm³/mol. The molecule has 0 aliphatic rings. The molecule has 8 nitrogen and oxygen atoms in total. The number of benzene rings is 2. The normalized spacial score (nSPS) is 12.7. The Hall–Kier alpha value is -3.04. The molecule has 0 spiro atoms. The smallest absolute Gasteiger partial charge is 0.245 e. The standard InChI is InChI=1S/C20H23N5O3S/c1-14(2)19(20(26)22-12-15-6-4-3-5-7-15)25-13-18(23-24-25)16-8-10-17(11-9-16)29(21,27)28/h3-11,13-14,19H,12H2,1-2H3,(H,22,26)(H2,21,27,28). The van der Waals surface area contributed by atoms with Crippen molar-refractivity contribution >= 4 is 15.9 Å². The van der Waals surface area contributed by atoms with Gasteiger partial charge in [-0.15, -0.1) is 5.10 Å². The lowest BCUT2D eigenvalue weighted by molar-refractivity contribution is -0.126.